The summed E-state index contributed by atoms with van der Waals surface area (Å²) in [5.41, 5.74) is 1.02. The van der Waals surface area contributed by atoms with E-state index in [0.717, 1.165) is 23.6 Å². The Hall–Kier alpha value is -2.05. The van der Waals surface area contributed by atoms with Crippen molar-refractivity contribution >= 4 is 0 Å². The van der Waals surface area contributed by atoms with Crippen LogP contribution in [0, 0.1) is 0 Å². The molecule has 0 unspecified atom stereocenters. The second kappa shape index (κ2) is 8.28. The van der Waals surface area contributed by atoms with Crippen molar-refractivity contribution < 1.29 is 18.7 Å². The first kappa shape index (κ1) is 15.3. The van der Waals surface area contributed by atoms with Gasteiger partial charge in [-0.25, -0.2) is 0 Å². The molecule has 0 spiro atoms. The van der Waals surface area contributed by atoms with E-state index in [1.54, 1.807) is 26.5 Å². The van der Waals surface area contributed by atoms with Crippen LogP contribution in [0.5, 0.6) is 11.5 Å². The van der Waals surface area contributed by atoms with Gasteiger partial charge in [0.2, 0.25) is 0 Å². The highest BCUT2D eigenvalue weighted by Crippen LogP contribution is 2.25. The SMILES string of the molecule is COCCNCc1cc(OC)ccc1OCc1ccno1. The van der Waals surface area contributed by atoms with Gasteiger partial charge < -0.3 is 24.1 Å². The van der Waals surface area contributed by atoms with Crippen molar-refractivity contribution in [1.82, 2.24) is 10.5 Å². The van der Waals surface area contributed by atoms with E-state index in [0.29, 0.717) is 25.5 Å². The summed E-state index contributed by atoms with van der Waals surface area (Å²) in [4.78, 5) is 0. The van der Waals surface area contributed by atoms with Gasteiger partial charge in [0.15, 0.2) is 5.76 Å². The molecule has 0 aliphatic carbocycles. The Morgan fingerprint density at radius 2 is 2.14 bits per heavy atom. The third-order valence-corrected chi connectivity index (χ3v) is 2.93. The number of ether oxygens (including phenoxy) is 3. The van der Waals surface area contributed by atoms with Crippen LogP contribution in [0.3, 0.4) is 0 Å². The third-order valence-electron chi connectivity index (χ3n) is 2.93. The molecular weight excluding hydrogens is 272 g/mol. The molecule has 2 aromatic rings. The van der Waals surface area contributed by atoms with Gasteiger partial charge in [-0.3, -0.25) is 0 Å². The van der Waals surface area contributed by atoms with Crippen molar-refractivity contribution in [1.29, 1.82) is 0 Å². The Bertz CT molecular complexity index is 528. The molecule has 21 heavy (non-hydrogen) atoms. The van der Waals surface area contributed by atoms with Gasteiger partial charge in [0.1, 0.15) is 18.1 Å². The van der Waals surface area contributed by atoms with E-state index in [1.807, 2.05) is 18.2 Å². The molecule has 1 heterocycles. The maximum atomic E-state index is 5.78. The molecule has 6 heteroatoms. The zero-order valence-electron chi connectivity index (χ0n) is 12.3. The second-order valence-electron chi connectivity index (χ2n) is 4.41. The van der Waals surface area contributed by atoms with Crippen LogP contribution in [0.25, 0.3) is 0 Å². The average molecular weight is 292 g/mol. The average Bonchev–Trinajstić information content (AvgIpc) is 3.03. The number of hydrogen-bond acceptors (Lipinski definition) is 6. The molecule has 1 aromatic heterocycles. The second-order valence-corrected chi connectivity index (χ2v) is 4.41. The number of aromatic nitrogens is 1. The fraction of sp³-hybridized carbons (Fsp3) is 0.400. The van der Waals surface area contributed by atoms with E-state index in [4.69, 9.17) is 18.7 Å². The summed E-state index contributed by atoms with van der Waals surface area (Å²) < 4.78 is 21.1. The molecule has 114 valence electrons. The fourth-order valence-corrected chi connectivity index (χ4v) is 1.82. The predicted octanol–water partition coefficient (Wildman–Crippen LogP) is 2.00. The number of methoxy groups -OCH3 is 2. The first-order valence-electron chi connectivity index (χ1n) is 6.72. The number of benzene rings is 1. The summed E-state index contributed by atoms with van der Waals surface area (Å²) in [5, 5.41) is 6.94. The Labute approximate surface area is 124 Å². The van der Waals surface area contributed by atoms with Gasteiger partial charge in [-0.15, -0.1) is 0 Å². The number of nitrogens with one attached hydrogen (secondary N) is 1. The molecular formula is C15H20N2O4. The third kappa shape index (κ3) is 4.77. The van der Waals surface area contributed by atoms with E-state index in [9.17, 15) is 0 Å². The summed E-state index contributed by atoms with van der Waals surface area (Å²) in [5.74, 6) is 2.27. The zero-order chi connectivity index (χ0) is 14.9. The van der Waals surface area contributed by atoms with Crippen LogP contribution in [-0.4, -0.2) is 32.5 Å². The minimum atomic E-state index is 0.345. The maximum Gasteiger partial charge on any atom is 0.174 e. The van der Waals surface area contributed by atoms with Crippen LogP contribution in [0.1, 0.15) is 11.3 Å². The minimum absolute atomic E-state index is 0.345. The maximum absolute atomic E-state index is 5.78. The molecule has 0 atom stereocenters. The highest BCUT2D eigenvalue weighted by atomic mass is 16.5. The van der Waals surface area contributed by atoms with Crippen molar-refractivity contribution in [3.63, 3.8) is 0 Å². The van der Waals surface area contributed by atoms with Crippen molar-refractivity contribution in [2.45, 2.75) is 13.2 Å². The van der Waals surface area contributed by atoms with Crippen molar-refractivity contribution in [2.24, 2.45) is 0 Å². The molecule has 0 radical (unpaired) electrons. The molecule has 0 fully saturated rings. The van der Waals surface area contributed by atoms with E-state index in [-0.39, 0.29) is 0 Å². The highest BCUT2D eigenvalue weighted by molar-refractivity contribution is 5.40. The van der Waals surface area contributed by atoms with Gasteiger partial charge in [-0.05, 0) is 18.2 Å². The molecule has 0 saturated heterocycles. The monoisotopic (exact) mass is 292 g/mol. The van der Waals surface area contributed by atoms with Crippen molar-refractivity contribution in [3.05, 3.63) is 41.8 Å². The molecule has 2 rings (SSSR count). The standard InChI is InChI=1S/C15H20N2O4/c1-18-8-7-16-10-12-9-13(19-2)3-4-15(12)20-11-14-5-6-17-21-14/h3-6,9,16H,7-8,10-11H2,1-2H3. The molecule has 0 bridgehead atoms. The normalized spacial score (nSPS) is 10.6. The van der Waals surface area contributed by atoms with Crippen LogP contribution in [-0.2, 0) is 17.9 Å². The number of rotatable bonds is 9. The fourth-order valence-electron chi connectivity index (χ4n) is 1.82. The smallest absolute Gasteiger partial charge is 0.174 e. The summed E-state index contributed by atoms with van der Waals surface area (Å²) >= 11 is 0. The summed E-state index contributed by atoms with van der Waals surface area (Å²) in [6, 6.07) is 7.49. The molecule has 0 amide bonds. The summed E-state index contributed by atoms with van der Waals surface area (Å²) in [6.07, 6.45) is 1.60. The van der Waals surface area contributed by atoms with Crippen molar-refractivity contribution in [2.75, 3.05) is 27.4 Å². The molecule has 6 nitrogen and oxygen atoms in total. The summed E-state index contributed by atoms with van der Waals surface area (Å²) in [7, 11) is 3.33. The van der Waals surface area contributed by atoms with Gasteiger partial charge in [0.05, 0.1) is 19.9 Å². The quantitative estimate of drug-likeness (QED) is 0.713. The van der Waals surface area contributed by atoms with E-state index < -0.39 is 0 Å². The Kier molecular flexibility index (Phi) is 6.05. The zero-order valence-corrected chi connectivity index (χ0v) is 12.3. The molecule has 0 aliphatic rings. The van der Waals surface area contributed by atoms with E-state index in [1.165, 1.54) is 0 Å². The first-order chi connectivity index (χ1) is 10.3. The Morgan fingerprint density at radius 1 is 1.24 bits per heavy atom. The lowest BCUT2D eigenvalue weighted by molar-refractivity contribution is 0.198. The number of nitrogens with zero attached hydrogens (tertiary/aromatic N) is 1. The highest BCUT2D eigenvalue weighted by Gasteiger charge is 2.07. The Balaban J connectivity index is 1.99. The van der Waals surface area contributed by atoms with E-state index in [2.05, 4.69) is 10.5 Å². The van der Waals surface area contributed by atoms with Crippen LogP contribution >= 0.6 is 0 Å². The van der Waals surface area contributed by atoms with Crippen molar-refractivity contribution in [3.8, 4) is 11.5 Å². The van der Waals surface area contributed by atoms with Crippen LogP contribution < -0.4 is 14.8 Å². The van der Waals surface area contributed by atoms with Gasteiger partial charge in [-0.1, -0.05) is 5.16 Å². The van der Waals surface area contributed by atoms with Crippen LogP contribution in [0.15, 0.2) is 35.0 Å². The Morgan fingerprint density at radius 3 is 2.86 bits per heavy atom. The van der Waals surface area contributed by atoms with Gasteiger partial charge in [0.25, 0.3) is 0 Å². The molecule has 0 aliphatic heterocycles. The summed E-state index contributed by atoms with van der Waals surface area (Å²) in [6.45, 7) is 2.46. The van der Waals surface area contributed by atoms with Crippen LogP contribution in [0.2, 0.25) is 0 Å². The molecule has 1 aromatic carbocycles. The van der Waals surface area contributed by atoms with Gasteiger partial charge in [0, 0.05) is 31.8 Å². The topological polar surface area (TPSA) is 65.8 Å². The molecule has 0 saturated carbocycles. The number of hydrogen-bond donors (Lipinski definition) is 1. The lowest BCUT2D eigenvalue weighted by atomic mass is 10.2. The first-order valence-corrected chi connectivity index (χ1v) is 6.72. The van der Waals surface area contributed by atoms with Crippen LogP contribution in [0.4, 0.5) is 0 Å². The van der Waals surface area contributed by atoms with Gasteiger partial charge >= 0.3 is 0 Å². The van der Waals surface area contributed by atoms with E-state index >= 15 is 0 Å². The largest absolute Gasteiger partial charge is 0.497 e. The minimum Gasteiger partial charge on any atom is -0.497 e. The molecule has 1 N–H and O–H groups in total. The lowest BCUT2D eigenvalue weighted by Gasteiger charge is -2.13. The lowest BCUT2D eigenvalue weighted by Crippen LogP contribution is -2.19. The predicted molar refractivity (Wildman–Crippen MR) is 77.4 cm³/mol. The van der Waals surface area contributed by atoms with Gasteiger partial charge in [-0.2, -0.15) is 0 Å².